The van der Waals surface area contributed by atoms with Gasteiger partial charge in [0, 0.05) is 24.7 Å². The van der Waals surface area contributed by atoms with Crippen molar-refractivity contribution in [3.63, 3.8) is 0 Å². The second-order valence-electron chi connectivity index (χ2n) is 6.59. The van der Waals surface area contributed by atoms with Gasteiger partial charge in [-0.25, -0.2) is 0 Å². The van der Waals surface area contributed by atoms with E-state index in [1.807, 2.05) is 24.0 Å². The van der Waals surface area contributed by atoms with Crippen LogP contribution in [0.2, 0.25) is 0 Å². The monoisotopic (exact) mass is 368 g/mol. The number of ether oxygens (including phenoxy) is 2. The number of amides is 2. The summed E-state index contributed by atoms with van der Waals surface area (Å²) in [7, 11) is 3.23. The Bertz CT molecular complexity index is 861. The molecule has 1 heterocycles. The fraction of sp³-hybridized carbons (Fsp3) is 0.333. The maximum Gasteiger partial charge on any atom is 0.254 e. The molecule has 0 spiro atoms. The minimum Gasteiger partial charge on any atom is -0.493 e. The first-order valence-electron chi connectivity index (χ1n) is 8.88. The lowest BCUT2D eigenvalue weighted by Gasteiger charge is -2.36. The molecule has 27 heavy (non-hydrogen) atoms. The van der Waals surface area contributed by atoms with Gasteiger partial charge in [0.25, 0.3) is 5.91 Å². The first-order chi connectivity index (χ1) is 12.9. The molecule has 1 atom stereocenters. The largest absolute Gasteiger partial charge is 0.493 e. The van der Waals surface area contributed by atoms with Crippen LogP contribution < -0.4 is 14.8 Å². The summed E-state index contributed by atoms with van der Waals surface area (Å²) in [5.74, 6) is 1.20. The topological polar surface area (TPSA) is 67.9 Å². The maximum atomic E-state index is 13.0. The van der Waals surface area contributed by atoms with Gasteiger partial charge in [-0.3, -0.25) is 9.59 Å². The number of anilines is 1. The van der Waals surface area contributed by atoms with E-state index in [1.165, 1.54) is 12.5 Å². The zero-order valence-corrected chi connectivity index (χ0v) is 16.0. The number of benzene rings is 2. The van der Waals surface area contributed by atoms with Crippen molar-refractivity contribution >= 4 is 17.5 Å². The Kier molecular flexibility index (Phi) is 5.35. The predicted octanol–water partition coefficient (Wildman–Crippen LogP) is 3.42. The van der Waals surface area contributed by atoms with Gasteiger partial charge in [-0.1, -0.05) is 0 Å². The van der Waals surface area contributed by atoms with E-state index in [1.54, 1.807) is 38.5 Å². The highest BCUT2D eigenvalue weighted by Crippen LogP contribution is 2.38. The van der Waals surface area contributed by atoms with Crippen LogP contribution in [-0.4, -0.2) is 37.5 Å². The Balaban J connectivity index is 1.84. The molecular formula is C21H24N2O4. The van der Waals surface area contributed by atoms with Crippen molar-refractivity contribution in [3.8, 4) is 11.5 Å². The molecule has 1 N–H and O–H groups in total. The van der Waals surface area contributed by atoms with Gasteiger partial charge in [0.05, 0.1) is 20.3 Å². The van der Waals surface area contributed by atoms with Gasteiger partial charge >= 0.3 is 0 Å². The molecule has 0 bridgehead atoms. The lowest BCUT2D eigenvalue weighted by atomic mass is 9.92. The van der Waals surface area contributed by atoms with E-state index in [9.17, 15) is 9.59 Å². The van der Waals surface area contributed by atoms with Crippen LogP contribution in [0.1, 0.15) is 41.4 Å². The first-order valence-corrected chi connectivity index (χ1v) is 8.88. The third-order valence-corrected chi connectivity index (χ3v) is 4.90. The second kappa shape index (κ2) is 7.70. The molecule has 6 nitrogen and oxygen atoms in total. The van der Waals surface area contributed by atoms with Gasteiger partial charge in [-0.05, 0) is 60.9 Å². The quantitative estimate of drug-likeness (QED) is 0.898. The van der Waals surface area contributed by atoms with E-state index in [0.717, 1.165) is 12.0 Å². The molecule has 1 aliphatic heterocycles. The number of rotatable bonds is 4. The Morgan fingerprint density at radius 2 is 1.70 bits per heavy atom. The number of nitrogens with one attached hydrogen (secondary N) is 1. The van der Waals surface area contributed by atoms with E-state index < -0.39 is 0 Å². The fourth-order valence-corrected chi connectivity index (χ4v) is 3.49. The molecule has 0 radical (unpaired) electrons. The van der Waals surface area contributed by atoms with Crippen molar-refractivity contribution in [1.29, 1.82) is 0 Å². The summed E-state index contributed by atoms with van der Waals surface area (Å²) in [4.78, 5) is 26.0. The highest BCUT2D eigenvalue weighted by molar-refractivity contribution is 5.96. The maximum absolute atomic E-state index is 13.0. The molecule has 142 valence electrons. The number of hydrogen-bond donors (Lipinski definition) is 1. The van der Waals surface area contributed by atoms with Crippen molar-refractivity contribution in [1.82, 2.24) is 4.90 Å². The number of carbonyl (C=O) groups excluding carboxylic acids is 2. The number of methoxy groups -OCH3 is 2. The van der Waals surface area contributed by atoms with Crippen LogP contribution in [0.5, 0.6) is 11.5 Å². The summed E-state index contributed by atoms with van der Waals surface area (Å²) in [6, 6.07) is 10.8. The normalized spacial score (nSPS) is 15.7. The van der Waals surface area contributed by atoms with E-state index in [-0.39, 0.29) is 17.9 Å². The lowest BCUT2D eigenvalue weighted by Crippen LogP contribution is -2.38. The Morgan fingerprint density at radius 1 is 1.07 bits per heavy atom. The van der Waals surface area contributed by atoms with Crippen molar-refractivity contribution in [2.24, 2.45) is 0 Å². The van der Waals surface area contributed by atoms with Crippen LogP contribution in [-0.2, 0) is 11.2 Å². The molecule has 2 amide bonds. The smallest absolute Gasteiger partial charge is 0.254 e. The van der Waals surface area contributed by atoms with Gasteiger partial charge in [-0.15, -0.1) is 0 Å². The molecule has 2 aromatic carbocycles. The third-order valence-electron chi connectivity index (χ3n) is 4.90. The van der Waals surface area contributed by atoms with Crippen LogP contribution in [0.25, 0.3) is 0 Å². The summed E-state index contributed by atoms with van der Waals surface area (Å²) in [6.45, 7) is 4.11. The number of carbonyl (C=O) groups is 2. The summed E-state index contributed by atoms with van der Waals surface area (Å²) in [5, 5.41) is 2.71. The molecule has 0 fully saturated rings. The Morgan fingerprint density at radius 3 is 2.30 bits per heavy atom. The number of fused-ring (bicyclic) bond motifs is 1. The SMILES string of the molecule is COc1cc2c(cc1OC)[C@H](C)N(C(=O)c1ccc(NC(C)=O)cc1)CC2. The Hall–Kier alpha value is -3.02. The van der Waals surface area contributed by atoms with Crippen molar-refractivity contribution in [2.75, 3.05) is 26.1 Å². The minimum absolute atomic E-state index is 0.0303. The second-order valence-corrected chi connectivity index (χ2v) is 6.59. The van der Waals surface area contributed by atoms with E-state index in [4.69, 9.17) is 9.47 Å². The molecule has 0 aromatic heterocycles. The number of nitrogens with zero attached hydrogens (tertiary/aromatic N) is 1. The van der Waals surface area contributed by atoms with Crippen LogP contribution in [0.4, 0.5) is 5.69 Å². The van der Waals surface area contributed by atoms with Gasteiger partial charge < -0.3 is 19.7 Å². The summed E-state index contributed by atoms with van der Waals surface area (Å²) in [5.41, 5.74) is 3.51. The van der Waals surface area contributed by atoms with Crippen molar-refractivity contribution in [2.45, 2.75) is 26.3 Å². The molecule has 6 heteroatoms. The summed E-state index contributed by atoms with van der Waals surface area (Å²) in [6.07, 6.45) is 0.760. The van der Waals surface area contributed by atoms with Crippen molar-refractivity contribution < 1.29 is 19.1 Å². The number of hydrogen-bond acceptors (Lipinski definition) is 4. The standard InChI is InChI=1S/C21H24N2O4/c1-13-18-12-20(27-4)19(26-3)11-16(18)9-10-23(13)21(25)15-5-7-17(8-6-15)22-14(2)24/h5-8,11-13H,9-10H2,1-4H3,(H,22,24)/t13-/m0/s1. The molecule has 1 aliphatic rings. The highest BCUT2D eigenvalue weighted by atomic mass is 16.5. The zero-order valence-electron chi connectivity index (χ0n) is 16.0. The predicted molar refractivity (Wildman–Crippen MR) is 103 cm³/mol. The molecular weight excluding hydrogens is 344 g/mol. The average Bonchev–Trinajstić information content (AvgIpc) is 2.67. The van der Waals surface area contributed by atoms with Gasteiger partial charge in [0.1, 0.15) is 0 Å². The van der Waals surface area contributed by atoms with Gasteiger partial charge in [0.15, 0.2) is 11.5 Å². The van der Waals surface area contributed by atoms with E-state index in [2.05, 4.69) is 5.32 Å². The van der Waals surface area contributed by atoms with Crippen LogP contribution in [0.3, 0.4) is 0 Å². The lowest BCUT2D eigenvalue weighted by molar-refractivity contribution is -0.114. The molecule has 3 rings (SSSR count). The summed E-state index contributed by atoms with van der Waals surface area (Å²) < 4.78 is 10.8. The van der Waals surface area contributed by atoms with Crippen LogP contribution in [0.15, 0.2) is 36.4 Å². The molecule has 0 unspecified atom stereocenters. The van der Waals surface area contributed by atoms with Crippen molar-refractivity contribution in [3.05, 3.63) is 53.1 Å². The molecule has 2 aromatic rings. The zero-order chi connectivity index (χ0) is 19.6. The first kappa shape index (κ1) is 18.8. The average molecular weight is 368 g/mol. The third kappa shape index (κ3) is 3.74. The summed E-state index contributed by atoms with van der Waals surface area (Å²) >= 11 is 0. The minimum atomic E-state index is -0.139. The fourth-order valence-electron chi connectivity index (χ4n) is 3.49. The Labute approximate surface area is 159 Å². The van der Waals surface area contributed by atoms with Crippen LogP contribution >= 0.6 is 0 Å². The van der Waals surface area contributed by atoms with E-state index in [0.29, 0.717) is 29.3 Å². The van der Waals surface area contributed by atoms with Gasteiger partial charge in [-0.2, -0.15) is 0 Å². The molecule has 0 saturated carbocycles. The highest BCUT2D eigenvalue weighted by Gasteiger charge is 2.29. The molecule has 0 aliphatic carbocycles. The molecule has 0 saturated heterocycles. The van der Waals surface area contributed by atoms with Crippen LogP contribution in [0, 0.1) is 0 Å². The van der Waals surface area contributed by atoms with Gasteiger partial charge in [0.2, 0.25) is 5.91 Å². The van der Waals surface area contributed by atoms with E-state index >= 15 is 0 Å².